The fourth-order valence-electron chi connectivity index (χ4n) is 2.38. The first-order valence-corrected chi connectivity index (χ1v) is 7.25. The number of hydrogen-bond donors (Lipinski definition) is 1. The molecule has 5 heteroatoms. The Kier molecular flexibility index (Phi) is 6.75. The zero-order chi connectivity index (χ0) is 14.4. The molecule has 19 heavy (non-hydrogen) atoms. The van der Waals surface area contributed by atoms with Gasteiger partial charge in [-0.15, -0.1) is 0 Å². The lowest BCUT2D eigenvalue weighted by Gasteiger charge is -2.24. The molecule has 3 unspecified atom stereocenters. The number of nitrogens with zero attached hydrogens (tertiary/aromatic N) is 2. The molecular weight excluding hydrogens is 242 g/mol. The lowest BCUT2D eigenvalue weighted by Crippen LogP contribution is -2.40. The van der Waals surface area contributed by atoms with Crippen LogP contribution in [0.2, 0.25) is 0 Å². The van der Waals surface area contributed by atoms with Crippen molar-refractivity contribution in [1.29, 1.82) is 0 Å². The van der Waals surface area contributed by atoms with E-state index in [1.165, 1.54) is 0 Å². The summed E-state index contributed by atoms with van der Waals surface area (Å²) >= 11 is 0. The van der Waals surface area contributed by atoms with Gasteiger partial charge in [0.15, 0.2) is 0 Å². The summed E-state index contributed by atoms with van der Waals surface area (Å²) in [6.07, 6.45) is 1.17. The zero-order valence-electron chi connectivity index (χ0n) is 13.0. The molecule has 1 N–H and O–H groups in total. The minimum absolute atomic E-state index is 0.00992. The molecule has 0 spiro atoms. The molecule has 5 nitrogen and oxygen atoms in total. The van der Waals surface area contributed by atoms with Crippen molar-refractivity contribution in [2.45, 2.75) is 39.4 Å². The van der Waals surface area contributed by atoms with Gasteiger partial charge >= 0.3 is 0 Å². The van der Waals surface area contributed by atoms with Gasteiger partial charge in [0, 0.05) is 26.7 Å². The Morgan fingerprint density at radius 3 is 2.74 bits per heavy atom. The van der Waals surface area contributed by atoms with Crippen molar-refractivity contribution < 1.29 is 9.53 Å². The van der Waals surface area contributed by atoms with Gasteiger partial charge < -0.3 is 14.5 Å². The van der Waals surface area contributed by atoms with Crippen LogP contribution in [0.15, 0.2) is 0 Å². The quantitative estimate of drug-likeness (QED) is 0.708. The summed E-state index contributed by atoms with van der Waals surface area (Å²) in [6, 6.07) is -0.00992. The Morgan fingerprint density at radius 2 is 2.16 bits per heavy atom. The van der Waals surface area contributed by atoms with Gasteiger partial charge in [0.1, 0.15) is 0 Å². The number of rotatable bonds is 8. The molecule has 1 heterocycles. The van der Waals surface area contributed by atoms with Crippen LogP contribution in [0.5, 0.6) is 0 Å². The van der Waals surface area contributed by atoms with Crippen LogP contribution < -0.4 is 5.32 Å². The fourth-order valence-corrected chi connectivity index (χ4v) is 2.38. The van der Waals surface area contributed by atoms with Crippen LogP contribution in [0.1, 0.15) is 27.2 Å². The average Bonchev–Trinajstić information content (AvgIpc) is 2.68. The highest BCUT2D eigenvalue weighted by atomic mass is 16.5. The lowest BCUT2D eigenvalue weighted by molar-refractivity contribution is -0.130. The maximum Gasteiger partial charge on any atom is 0.241 e. The summed E-state index contributed by atoms with van der Waals surface area (Å²) in [5, 5.41) is 3.40. The van der Waals surface area contributed by atoms with E-state index in [4.69, 9.17) is 4.74 Å². The Balaban J connectivity index is 2.43. The molecule has 0 saturated carbocycles. The fraction of sp³-hybridized carbons (Fsp3) is 0.929. The monoisotopic (exact) mass is 271 g/mol. The molecule has 3 atom stereocenters. The van der Waals surface area contributed by atoms with Gasteiger partial charge in [0.05, 0.1) is 18.8 Å². The predicted molar refractivity (Wildman–Crippen MR) is 76.9 cm³/mol. The average molecular weight is 271 g/mol. The maximum atomic E-state index is 12.4. The Morgan fingerprint density at radius 1 is 1.47 bits per heavy atom. The van der Waals surface area contributed by atoms with E-state index in [0.29, 0.717) is 5.92 Å². The van der Waals surface area contributed by atoms with Gasteiger partial charge in [-0.3, -0.25) is 10.1 Å². The zero-order valence-corrected chi connectivity index (χ0v) is 13.0. The second kappa shape index (κ2) is 7.82. The van der Waals surface area contributed by atoms with Crippen LogP contribution >= 0.6 is 0 Å². The smallest absolute Gasteiger partial charge is 0.241 e. The van der Waals surface area contributed by atoms with E-state index in [1.807, 2.05) is 4.90 Å². The highest BCUT2D eigenvalue weighted by molar-refractivity contribution is 5.84. The summed E-state index contributed by atoms with van der Waals surface area (Å²) in [4.78, 5) is 16.5. The molecule has 0 aromatic carbocycles. The van der Waals surface area contributed by atoms with E-state index in [0.717, 1.165) is 32.7 Å². The summed E-state index contributed by atoms with van der Waals surface area (Å²) in [5.74, 6) is 0.646. The molecule has 0 radical (unpaired) electrons. The molecule has 0 aliphatic carbocycles. The molecule has 1 rings (SSSR count). The Labute approximate surface area is 117 Å². The molecule has 0 bridgehead atoms. The minimum Gasteiger partial charge on any atom is -0.383 e. The standard InChI is InChI=1S/C14H29N3O2/c1-6-11(2)13-14(18)17(12(3)15-13)8-7-16(4)9-10-19-5/h11-13,15H,6-10H2,1-5H3. The minimum atomic E-state index is -0.00992. The van der Waals surface area contributed by atoms with E-state index in [9.17, 15) is 4.79 Å². The number of hydrogen-bond acceptors (Lipinski definition) is 4. The second-order valence-corrected chi connectivity index (χ2v) is 5.53. The Bertz CT molecular complexity index is 286. The summed E-state index contributed by atoms with van der Waals surface area (Å²) in [7, 11) is 3.77. The van der Waals surface area contributed by atoms with Crippen LogP contribution in [0.4, 0.5) is 0 Å². The van der Waals surface area contributed by atoms with Gasteiger partial charge in [0.2, 0.25) is 5.91 Å². The third-order valence-corrected chi connectivity index (χ3v) is 4.05. The van der Waals surface area contributed by atoms with Crippen molar-refractivity contribution in [3.63, 3.8) is 0 Å². The number of carbonyl (C=O) groups excluding carboxylic acids is 1. The normalized spacial score (nSPS) is 25.4. The van der Waals surface area contributed by atoms with Crippen molar-refractivity contribution in [2.75, 3.05) is 40.4 Å². The highest BCUT2D eigenvalue weighted by Gasteiger charge is 2.38. The summed E-state index contributed by atoms with van der Waals surface area (Å²) in [6.45, 7) is 9.62. The largest absolute Gasteiger partial charge is 0.383 e. The van der Waals surface area contributed by atoms with E-state index in [2.05, 4.69) is 38.0 Å². The SMILES string of the molecule is CCC(C)C1NC(C)N(CCN(C)CCOC)C1=O. The second-order valence-electron chi connectivity index (χ2n) is 5.53. The number of amides is 1. The van der Waals surface area contributed by atoms with Crippen molar-refractivity contribution >= 4 is 5.91 Å². The summed E-state index contributed by atoms with van der Waals surface area (Å²) < 4.78 is 5.06. The van der Waals surface area contributed by atoms with E-state index in [-0.39, 0.29) is 18.1 Å². The highest BCUT2D eigenvalue weighted by Crippen LogP contribution is 2.18. The number of likely N-dealkylation sites (N-methyl/N-ethyl adjacent to an activating group) is 1. The summed E-state index contributed by atoms with van der Waals surface area (Å²) in [5.41, 5.74) is 0. The number of ether oxygens (including phenoxy) is 1. The molecule has 1 aliphatic rings. The molecule has 1 saturated heterocycles. The third-order valence-electron chi connectivity index (χ3n) is 4.05. The van der Waals surface area contributed by atoms with Crippen LogP contribution in [0.25, 0.3) is 0 Å². The van der Waals surface area contributed by atoms with Gasteiger partial charge in [-0.2, -0.15) is 0 Å². The third kappa shape index (κ3) is 4.44. The molecular formula is C14H29N3O2. The van der Waals surface area contributed by atoms with Crippen molar-refractivity contribution in [3.05, 3.63) is 0 Å². The first-order valence-electron chi connectivity index (χ1n) is 7.25. The molecule has 1 fully saturated rings. The Hall–Kier alpha value is -0.650. The van der Waals surface area contributed by atoms with Crippen molar-refractivity contribution in [3.8, 4) is 0 Å². The van der Waals surface area contributed by atoms with E-state index in [1.54, 1.807) is 7.11 Å². The van der Waals surface area contributed by atoms with Gasteiger partial charge in [-0.05, 0) is 19.9 Å². The van der Waals surface area contributed by atoms with E-state index < -0.39 is 0 Å². The first kappa shape index (κ1) is 16.4. The van der Waals surface area contributed by atoms with Crippen LogP contribution in [0.3, 0.4) is 0 Å². The van der Waals surface area contributed by atoms with Gasteiger partial charge in [-0.25, -0.2) is 0 Å². The van der Waals surface area contributed by atoms with Gasteiger partial charge in [-0.1, -0.05) is 20.3 Å². The molecule has 0 aromatic heterocycles. The van der Waals surface area contributed by atoms with Gasteiger partial charge in [0.25, 0.3) is 0 Å². The topological polar surface area (TPSA) is 44.8 Å². The molecule has 112 valence electrons. The van der Waals surface area contributed by atoms with E-state index >= 15 is 0 Å². The van der Waals surface area contributed by atoms with Crippen molar-refractivity contribution in [1.82, 2.24) is 15.1 Å². The maximum absolute atomic E-state index is 12.4. The van der Waals surface area contributed by atoms with Crippen LogP contribution in [-0.4, -0.2) is 68.3 Å². The van der Waals surface area contributed by atoms with Crippen LogP contribution in [0, 0.1) is 5.92 Å². The molecule has 0 aromatic rings. The molecule has 1 aliphatic heterocycles. The lowest BCUT2D eigenvalue weighted by atomic mass is 9.99. The molecule has 1 amide bonds. The number of carbonyl (C=O) groups is 1. The van der Waals surface area contributed by atoms with Crippen LogP contribution in [-0.2, 0) is 9.53 Å². The number of nitrogens with one attached hydrogen (secondary N) is 1. The van der Waals surface area contributed by atoms with Crippen molar-refractivity contribution in [2.24, 2.45) is 5.92 Å². The predicted octanol–water partition coefficient (Wildman–Crippen LogP) is 0.757. The number of methoxy groups -OCH3 is 1. The first-order chi connectivity index (χ1) is 9.01.